The molecule has 0 bridgehead atoms. The number of methoxy groups -OCH3 is 1. The van der Waals surface area contributed by atoms with Gasteiger partial charge in [-0.25, -0.2) is 0 Å². The molecule has 2 aromatic rings. The van der Waals surface area contributed by atoms with E-state index in [2.05, 4.69) is 19.2 Å². The fraction of sp³-hybridized carbons (Fsp3) is 0.278. The largest absolute Gasteiger partial charge is 0.497 e. The molecule has 3 heteroatoms. The first kappa shape index (κ1) is 15.1. The van der Waals surface area contributed by atoms with E-state index in [1.165, 1.54) is 11.1 Å². The van der Waals surface area contributed by atoms with E-state index in [4.69, 9.17) is 4.74 Å². The molecule has 21 heavy (non-hydrogen) atoms. The molecule has 3 nitrogen and oxygen atoms in total. The zero-order valence-electron chi connectivity index (χ0n) is 12.8. The summed E-state index contributed by atoms with van der Waals surface area (Å²) < 4.78 is 5.16. The van der Waals surface area contributed by atoms with E-state index >= 15 is 0 Å². The van der Waals surface area contributed by atoms with Gasteiger partial charge in [-0.1, -0.05) is 26.0 Å². The molecule has 0 aliphatic rings. The number of benzene rings is 2. The number of hydrogen-bond donors (Lipinski definition) is 1. The van der Waals surface area contributed by atoms with Crippen LogP contribution in [0.1, 0.15) is 36.8 Å². The third-order valence-corrected chi connectivity index (χ3v) is 3.56. The van der Waals surface area contributed by atoms with Gasteiger partial charge in [0.2, 0.25) is 0 Å². The van der Waals surface area contributed by atoms with Crippen molar-refractivity contribution in [2.75, 3.05) is 12.4 Å². The van der Waals surface area contributed by atoms with Gasteiger partial charge in [-0.2, -0.15) is 0 Å². The average Bonchev–Trinajstić information content (AvgIpc) is 2.54. The van der Waals surface area contributed by atoms with Gasteiger partial charge in [-0.3, -0.25) is 4.79 Å². The Morgan fingerprint density at radius 2 is 1.86 bits per heavy atom. The van der Waals surface area contributed by atoms with Crippen LogP contribution in [-0.4, -0.2) is 13.0 Å². The molecule has 1 N–H and O–H groups in total. The quantitative estimate of drug-likeness (QED) is 0.888. The minimum absolute atomic E-state index is 0. The Balaban J connectivity index is 0.00000242. The highest BCUT2D eigenvalue weighted by molar-refractivity contribution is 6.04. The maximum absolute atomic E-state index is 12.3. The monoisotopic (exact) mass is 285 g/mol. The first-order valence-corrected chi connectivity index (χ1v) is 7.25. The predicted molar refractivity (Wildman–Crippen MR) is 88.3 cm³/mol. The van der Waals surface area contributed by atoms with Crippen molar-refractivity contribution in [3.8, 4) is 5.75 Å². The number of carbonyl (C=O) groups is 1. The number of rotatable bonds is 5. The van der Waals surface area contributed by atoms with Crippen molar-refractivity contribution >= 4 is 11.6 Å². The van der Waals surface area contributed by atoms with Crippen molar-refractivity contribution in [2.24, 2.45) is 0 Å². The molecule has 0 atom stereocenters. The minimum Gasteiger partial charge on any atom is -0.497 e. The smallest absolute Gasteiger partial charge is 0.255 e. The van der Waals surface area contributed by atoms with Crippen LogP contribution in [0.3, 0.4) is 0 Å². The molecule has 0 unspecified atom stereocenters. The molecule has 2 aromatic carbocycles. The van der Waals surface area contributed by atoms with Crippen LogP contribution in [0, 0.1) is 0 Å². The summed E-state index contributed by atoms with van der Waals surface area (Å²) in [6, 6.07) is 13.3. The topological polar surface area (TPSA) is 38.3 Å². The summed E-state index contributed by atoms with van der Waals surface area (Å²) >= 11 is 0. The zero-order chi connectivity index (χ0) is 15.2. The molecule has 0 heterocycles. The lowest BCUT2D eigenvalue weighted by Gasteiger charge is -2.10. The van der Waals surface area contributed by atoms with E-state index < -0.39 is 0 Å². The molecule has 0 saturated heterocycles. The van der Waals surface area contributed by atoms with Crippen LogP contribution in [0.2, 0.25) is 0 Å². The standard InChI is InChI=1S/C18H21NO2.H2/c1-4-13-9-10-15(11-14(13)5-2)18(20)19-16-7-6-8-17(12-16)21-3;/h6-12H,4-5H2,1-3H3,(H,19,20);1H. The highest BCUT2D eigenvalue weighted by Crippen LogP contribution is 2.19. The maximum Gasteiger partial charge on any atom is 0.255 e. The van der Waals surface area contributed by atoms with Crippen LogP contribution in [0.4, 0.5) is 5.69 Å². The van der Waals surface area contributed by atoms with Crippen LogP contribution in [-0.2, 0) is 12.8 Å². The highest BCUT2D eigenvalue weighted by Gasteiger charge is 2.09. The number of carbonyl (C=O) groups excluding carboxylic acids is 1. The Hall–Kier alpha value is -2.29. The van der Waals surface area contributed by atoms with Crippen molar-refractivity contribution < 1.29 is 11.0 Å². The zero-order valence-corrected chi connectivity index (χ0v) is 12.8. The summed E-state index contributed by atoms with van der Waals surface area (Å²) in [7, 11) is 1.61. The van der Waals surface area contributed by atoms with Gasteiger partial charge in [-0.05, 0) is 48.2 Å². The number of nitrogens with one attached hydrogen (secondary N) is 1. The molecule has 0 saturated carbocycles. The Labute approximate surface area is 127 Å². The fourth-order valence-electron chi connectivity index (χ4n) is 2.35. The molecular formula is C18H23NO2. The highest BCUT2D eigenvalue weighted by atomic mass is 16.5. The van der Waals surface area contributed by atoms with E-state index in [1.807, 2.05) is 36.4 Å². The van der Waals surface area contributed by atoms with Gasteiger partial charge >= 0.3 is 0 Å². The Morgan fingerprint density at radius 1 is 1.10 bits per heavy atom. The molecule has 0 aliphatic heterocycles. The van der Waals surface area contributed by atoms with E-state index in [0.29, 0.717) is 5.56 Å². The van der Waals surface area contributed by atoms with Crippen molar-refractivity contribution in [3.05, 3.63) is 59.2 Å². The Morgan fingerprint density at radius 3 is 2.52 bits per heavy atom. The maximum atomic E-state index is 12.3. The summed E-state index contributed by atoms with van der Waals surface area (Å²) in [6.07, 6.45) is 1.92. The Bertz CT molecular complexity index is 641. The van der Waals surface area contributed by atoms with Crippen LogP contribution in [0.15, 0.2) is 42.5 Å². The van der Waals surface area contributed by atoms with Gasteiger partial charge in [0.1, 0.15) is 5.75 Å². The molecule has 0 aliphatic carbocycles. The predicted octanol–water partition coefficient (Wildman–Crippen LogP) is 4.32. The summed E-state index contributed by atoms with van der Waals surface area (Å²) in [5, 5.41) is 2.90. The number of amides is 1. The SMILES string of the molecule is CCc1ccc(C(=O)Nc2cccc(OC)c2)cc1CC.[HH]. The second kappa shape index (κ2) is 6.93. The van der Waals surface area contributed by atoms with Gasteiger partial charge in [0.25, 0.3) is 5.91 Å². The van der Waals surface area contributed by atoms with Gasteiger partial charge in [0.15, 0.2) is 0 Å². The molecule has 0 aromatic heterocycles. The van der Waals surface area contributed by atoms with Crippen molar-refractivity contribution in [2.45, 2.75) is 26.7 Å². The van der Waals surface area contributed by atoms with Crippen LogP contribution >= 0.6 is 0 Å². The lowest BCUT2D eigenvalue weighted by molar-refractivity contribution is 0.102. The van der Waals surface area contributed by atoms with Gasteiger partial charge in [0, 0.05) is 18.7 Å². The molecular weight excluding hydrogens is 262 g/mol. The van der Waals surface area contributed by atoms with Crippen molar-refractivity contribution in [3.63, 3.8) is 0 Å². The van der Waals surface area contributed by atoms with Crippen molar-refractivity contribution in [1.29, 1.82) is 0 Å². The first-order valence-electron chi connectivity index (χ1n) is 7.25. The third-order valence-electron chi connectivity index (χ3n) is 3.56. The minimum atomic E-state index is -0.0967. The number of aryl methyl sites for hydroxylation is 2. The Kier molecular flexibility index (Phi) is 4.99. The second-order valence-electron chi connectivity index (χ2n) is 4.88. The van der Waals surface area contributed by atoms with Gasteiger partial charge < -0.3 is 10.1 Å². The average molecular weight is 285 g/mol. The number of ether oxygens (including phenoxy) is 1. The molecule has 2 rings (SSSR count). The normalized spacial score (nSPS) is 10.2. The van der Waals surface area contributed by atoms with Crippen molar-refractivity contribution in [1.82, 2.24) is 0 Å². The molecule has 0 radical (unpaired) electrons. The lowest BCUT2D eigenvalue weighted by atomic mass is 10.00. The van der Waals surface area contributed by atoms with Gasteiger partial charge in [-0.15, -0.1) is 0 Å². The summed E-state index contributed by atoms with van der Waals surface area (Å²) in [5.74, 6) is 0.629. The number of hydrogen-bond acceptors (Lipinski definition) is 2. The fourth-order valence-corrected chi connectivity index (χ4v) is 2.35. The molecule has 0 fully saturated rings. The molecule has 1 amide bonds. The summed E-state index contributed by atoms with van der Waals surface area (Å²) in [5.41, 5.74) is 3.95. The van der Waals surface area contributed by atoms with E-state index in [-0.39, 0.29) is 7.33 Å². The third kappa shape index (κ3) is 3.63. The first-order chi connectivity index (χ1) is 10.2. The number of anilines is 1. The molecule has 0 spiro atoms. The van der Waals surface area contributed by atoms with Crippen LogP contribution < -0.4 is 10.1 Å². The van der Waals surface area contributed by atoms with E-state index in [0.717, 1.165) is 24.3 Å². The lowest BCUT2D eigenvalue weighted by Crippen LogP contribution is -2.12. The summed E-state index contributed by atoms with van der Waals surface area (Å²) in [6.45, 7) is 4.24. The second-order valence-corrected chi connectivity index (χ2v) is 4.88. The molecule has 112 valence electrons. The van der Waals surface area contributed by atoms with E-state index in [9.17, 15) is 4.79 Å². The summed E-state index contributed by atoms with van der Waals surface area (Å²) in [4.78, 5) is 12.3. The van der Waals surface area contributed by atoms with Crippen LogP contribution in [0.25, 0.3) is 0 Å². The van der Waals surface area contributed by atoms with E-state index in [1.54, 1.807) is 13.2 Å². The van der Waals surface area contributed by atoms with Crippen LogP contribution in [0.5, 0.6) is 5.75 Å². The van der Waals surface area contributed by atoms with Gasteiger partial charge in [0.05, 0.1) is 7.11 Å².